The van der Waals surface area contributed by atoms with Crippen LogP contribution in [0.15, 0.2) is 22.7 Å². The Balaban J connectivity index is 2.71. The van der Waals surface area contributed by atoms with E-state index in [-0.39, 0.29) is 13.2 Å². The Bertz CT molecular complexity index is 370. The fourth-order valence-corrected chi connectivity index (χ4v) is 1.51. The Hall–Kier alpha value is -1.11. The van der Waals surface area contributed by atoms with E-state index in [1.807, 2.05) is 0 Å². The van der Waals surface area contributed by atoms with Crippen molar-refractivity contribution in [1.82, 2.24) is 5.48 Å². The molecule has 1 aromatic rings. The standard InChI is InChI=1S/C10H12BrNO4/c1-15-9-5-7(4-8(11)6-9)10(14)12-16-3-2-13/h4-6,13H,2-3H2,1H3,(H,12,14). The van der Waals surface area contributed by atoms with E-state index in [4.69, 9.17) is 14.7 Å². The number of benzene rings is 1. The minimum Gasteiger partial charge on any atom is -0.497 e. The maximum Gasteiger partial charge on any atom is 0.275 e. The van der Waals surface area contributed by atoms with Crippen LogP contribution in [0.25, 0.3) is 0 Å². The van der Waals surface area contributed by atoms with Gasteiger partial charge in [-0.15, -0.1) is 0 Å². The lowest BCUT2D eigenvalue weighted by molar-refractivity contribution is 0.0168. The second kappa shape index (κ2) is 6.47. The highest BCUT2D eigenvalue weighted by Gasteiger charge is 2.08. The molecule has 1 aromatic carbocycles. The predicted octanol–water partition coefficient (Wildman–Crippen LogP) is 1.11. The molecule has 0 aliphatic rings. The lowest BCUT2D eigenvalue weighted by Gasteiger charge is -2.07. The van der Waals surface area contributed by atoms with Gasteiger partial charge in [0.1, 0.15) is 5.75 Å². The third-order valence-electron chi connectivity index (χ3n) is 1.73. The van der Waals surface area contributed by atoms with Gasteiger partial charge in [0.25, 0.3) is 5.91 Å². The summed E-state index contributed by atoms with van der Waals surface area (Å²) in [4.78, 5) is 16.3. The van der Waals surface area contributed by atoms with Crippen molar-refractivity contribution in [3.8, 4) is 5.75 Å². The van der Waals surface area contributed by atoms with Crippen LogP contribution in [-0.4, -0.2) is 31.3 Å². The number of ether oxygens (including phenoxy) is 1. The molecule has 6 heteroatoms. The number of nitrogens with one attached hydrogen (secondary N) is 1. The number of hydrogen-bond donors (Lipinski definition) is 2. The SMILES string of the molecule is COc1cc(Br)cc(C(=O)NOCCO)c1. The van der Waals surface area contributed by atoms with E-state index >= 15 is 0 Å². The summed E-state index contributed by atoms with van der Waals surface area (Å²) >= 11 is 3.26. The van der Waals surface area contributed by atoms with Crippen LogP contribution in [0.5, 0.6) is 5.75 Å². The first-order valence-corrected chi connectivity index (χ1v) is 5.34. The smallest absolute Gasteiger partial charge is 0.275 e. The van der Waals surface area contributed by atoms with Gasteiger partial charge in [-0.2, -0.15) is 0 Å². The number of aliphatic hydroxyl groups is 1. The predicted molar refractivity (Wildman–Crippen MR) is 61.2 cm³/mol. The van der Waals surface area contributed by atoms with Crippen molar-refractivity contribution >= 4 is 21.8 Å². The summed E-state index contributed by atoms with van der Waals surface area (Å²) in [7, 11) is 1.52. The molecule has 0 bridgehead atoms. The van der Waals surface area contributed by atoms with Crippen molar-refractivity contribution in [2.24, 2.45) is 0 Å². The largest absolute Gasteiger partial charge is 0.497 e. The second-order valence-corrected chi connectivity index (χ2v) is 3.80. The monoisotopic (exact) mass is 289 g/mol. The molecule has 2 N–H and O–H groups in total. The van der Waals surface area contributed by atoms with E-state index in [2.05, 4.69) is 21.4 Å². The van der Waals surface area contributed by atoms with Gasteiger partial charge < -0.3 is 9.84 Å². The summed E-state index contributed by atoms with van der Waals surface area (Å²) in [5.74, 6) is 0.176. The van der Waals surface area contributed by atoms with Crippen molar-refractivity contribution in [3.05, 3.63) is 28.2 Å². The molecule has 0 saturated heterocycles. The summed E-state index contributed by atoms with van der Waals surface area (Å²) < 4.78 is 5.76. The van der Waals surface area contributed by atoms with Gasteiger partial charge in [-0.3, -0.25) is 9.63 Å². The first kappa shape index (κ1) is 13.0. The average molecular weight is 290 g/mol. The highest BCUT2D eigenvalue weighted by molar-refractivity contribution is 9.10. The van der Waals surface area contributed by atoms with Crippen LogP contribution < -0.4 is 10.2 Å². The van der Waals surface area contributed by atoms with Crippen LogP contribution in [0, 0.1) is 0 Å². The molecule has 0 aliphatic carbocycles. The molecule has 0 atom stereocenters. The Morgan fingerprint density at radius 3 is 2.88 bits per heavy atom. The summed E-state index contributed by atoms with van der Waals surface area (Å²) in [6.07, 6.45) is 0. The summed E-state index contributed by atoms with van der Waals surface area (Å²) in [6.45, 7) is -0.0983. The van der Waals surface area contributed by atoms with Gasteiger partial charge in [0.2, 0.25) is 0 Å². The van der Waals surface area contributed by atoms with Gasteiger partial charge in [-0.05, 0) is 18.2 Å². The fourth-order valence-electron chi connectivity index (χ4n) is 1.03. The topological polar surface area (TPSA) is 67.8 Å². The Labute approximate surface area is 101 Å². The zero-order chi connectivity index (χ0) is 12.0. The van der Waals surface area contributed by atoms with Gasteiger partial charge in [-0.1, -0.05) is 15.9 Å². The van der Waals surface area contributed by atoms with Crippen LogP contribution in [0.2, 0.25) is 0 Å². The van der Waals surface area contributed by atoms with E-state index < -0.39 is 5.91 Å². The van der Waals surface area contributed by atoms with Crippen molar-refractivity contribution in [2.75, 3.05) is 20.3 Å². The van der Waals surface area contributed by atoms with Crippen molar-refractivity contribution in [2.45, 2.75) is 0 Å². The molecule has 16 heavy (non-hydrogen) atoms. The summed E-state index contributed by atoms with van der Waals surface area (Å²) in [6, 6.07) is 4.97. The lowest BCUT2D eigenvalue weighted by atomic mass is 10.2. The highest BCUT2D eigenvalue weighted by Crippen LogP contribution is 2.21. The maximum atomic E-state index is 11.5. The Kier molecular flexibility index (Phi) is 5.24. The number of methoxy groups -OCH3 is 1. The average Bonchev–Trinajstić information content (AvgIpc) is 2.28. The van der Waals surface area contributed by atoms with Crippen molar-refractivity contribution in [3.63, 3.8) is 0 Å². The van der Waals surface area contributed by atoms with Crippen molar-refractivity contribution < 1.29 is 19.5 Å². The summed E-state index contributed by atoms with van der Waals surface area (Å²) in [5, 5.41) is 8.47. The number of halogens is 1. The molecule has 0 aromatic heterocycles. The maximum absolute atomic E-state index is 11.5. The first-order valence-electron chi connectivity index (χ1n) is 4.55. The minimum atomic E-state index is -0.395. The number of rotatable bonds is 5. The van der Waals surface area contributed by atoms with Crippen LogP contribution in [0.4, 0.5) is 0 Å². The van der Waals surface area contributed by atoms with Crippen LogP contribution in [-0.2, 0) is 4.84 Å². The van der Waals surface area contributed by atoms with Crippen molar-refractivity contribution in [1.29, 1.82) is 0 Å². The quantitative estimate of drug-likeness (QED) is 0.629. The van der Waals surface area contributed by atoms with E-state index in [1.54, 1.807) is 18.2 Å². The van der Waals surface area contributed by atoms with E-state index in [1.165, 1.54) is 7.11 Å². The summed E-state index contributed by atoms with van der Waals surface area (Å²) in [5.41, 5.74) is 2.61. The third kappa shape index (κ3) is 3.80. The van der Waals surface area contributed by atoms with Crippen LogP contribution in [0.1, 0.15) is 10.4 Å². The molecular weight excluding hydrogens is 278 g/mol. The van der Waals surface area contributed by atoms with Crippen LogP contribution >= 0.6 is 15.9 Å². The number of carbonyl (C=O) groups is 1. The van der Waals surface area contributed by atoms with Gasteiger partial charge in [0, 0.05) is 10.0 Å². The highest BCUT2D eigenvalue weighted by atomic mass is 79.9. The molecule has 0 aliphatic heterocycles. The third-order valence-corrected chi connectivity index (χ3v) is 2.19. The molecule has 0 unspecified atom stereocenters. The number of hydrogen-bond acceptors (Lipinski definition) is 4. The molecule has 88 valence electrons. The Morgan fingerprint density at radius 1 is 1.50 bits per heavy atom. The Morgan fingerprint density at radius 2 is 2.25 bits per heavy atom. The fraction of sp³-hybridized carbons (Fsp3) is 0.300. The molecule has 1 rings (SSSR count). The van der Waals surface area contributed by atoms with Crippen LogP contribution in [0.3, 0.4) is 0 Å². The van der Waals surface area contributed by atoms with Gasteiger partial charge in [-0.25, -0.2) is 5.48 Å². The molecule has 0 radical (unpaired) electrons. The van der Waals surface area contributed by atoms with Gasteiger partial charge >= 0.3 is 0 Å². The molecule has 0 saturated carbocycles. The molecule has 5 nitrogen and oxygen atoms in total. The number of aliphatic hydroxyl groups excluding tert-OH is 1. The van der Waals surface area contributed by atoms with E-state index in [0.717, 1.165) is 4.47 Å². The van der Waals surface area contributed by atoms with E-state index in [0.29, 0.717) is 11.3 Å². The minimum absolute atomic E-state index is 0.0525. The molecule has 0 fully saturated rings. The lowest BCUT2D eigenvalue weighted by Crippen LogP contribution is -2.25. The number of hydroxylamine groups is 1. The second-order valence-electron chi connectivity index (χ2n) is 2.88. The van der Waals surface area contributed by atoms with Gasteiger partial charge in [0.05, 0.1) is 20.3 Å². The zero-order valence-electron chi connectivity index (χ0n) is 8.70. The molecule has 0 heterocycles. The zero-order valence-corrected chi connectivity index (χ0v) is 10.3. The van der Waals surface area contributed by atoms with E-state index in [9.17, 15) is 4.79 Å². The molecule has 1 amide bonds. The molecular formula is C10H12BrNO4. The number of carbonyl (C=O) groups excluding carboxylic acids is 1. The first-order chi connectivity index (χ1) is 7.67. The normalized spacial score (nSPS) is 9.94. The van der Waals surface area contributed by atoms with Gasteiger partial charge in [0.15, 0.2) is 0 Å². The number of amides is 1. The molecule has 0 spiro atoms.